The molecule has 0 amide bonds. The zero-order valence-corrected chi connectivity index (χ0v) is 29.8. The van der Waals surface area contributed by atoms with Crippen LogP contribution in [0.3, 0.4) is 0 Å². The summed E-state index contributed by atoms with van der Waals surface area (Å²) in [5.74, 6) is 0.133. The molecule has 0 spiro atoms. The molecule has 1 unspecified atom stereocenters. The number of para-hydroxylation sites is 1. The molecule has 0 saturated carbocycles. The highest BCUT2D eigenvalue weighted by molar-refractivity contribution is 6.15. The predicted octanol–water partition coefficient (Wildman–Crippen LogP) is 13.6. The van der Waals surface area contributed by atoms with Crippen molar-refractivity contribution < 1.29 is 0 Å². The van der Waals surface area contributed by atoms with Crippen molar-refractivity contribution in [2.24, 2.45) is 0 Å². The highest BCUT2D eigenvalue weighted by Crippen LogP contribution is 2.54. The van der Waals surface area contributed by atoms with Gasteiger partial charge in [0.05, 0.1) is 11.0 Å². The largest absolute Gasteiger partial charge is 0.309 e. The monoisotopic (exact) mass is 675 g/mol. The van der Waals surface area contributed by atoms with Gasteiger partial charge in [-0.05, 0) is 85.0 Å². The fourth-order valence-corrected chi connectivity index (χ4v) is 9.58. The number of hydrogen-bond donors (Lipinski definition) is 0. The third-order valence-corrected chi connectivity index (χ3v) is 12.1. The van der Waals surface area contributed by atoms with E-state index in [1.54, 1.807) is 0 Å². The first-order valence-electron chi connectivity index (χ1n) is 18.7. The Morgan fingerprint density at radius 3 is 1.94 bits per heavy atom. The summed E-state index contributed by atoms with van der Waals surface area (Å²) in [6.07, 6.45) is 0. The van der Waals surface area contributed by atoms with Gasteiger partial charge in [0.25, 0.3) is 0 Å². The van der Waals surface area contributed by atoms with Crippen molar-refractivity contribution in [1.82, 2.24) is 4.57 Å². The van der Waals surface area contributed by atoms with Crippen molar-refractivity contribution >= 4 is 21.8 Å². The minimum Gasteiger partial charge on any atom is -0.309 e. The van der Waals surface area contributed by atoms with Crippen LogP contribution in [0.25, 0.3) is 72.0 Å². The molecular weight excluding hydrogens is 639 g/mol. The Morgan fingerprint density at radius 2 is 1.09 bits per heavy atom. The van der Waals surface area contributed by atoms with Gasteiger partial charge in [-0.2, -0.15) is 0 Å². The maximum Gasteiger partial charge on any atom is 0.0622 e. The number of nitrogens with zero attached hydrogens (tertiary/aromatic N) is 1. The highest BCUT2D eigenvalue weighted by atomic mass is 15.0. The van der Waals surface area contributed by atoms with E-state index < -0.39 is 0 Å². The van der Waals surface area contributed by atoms with E-state index in [9.17, 15) is 0 Å². The van der Waals surface area contributed by atoms with Gasteiger partial charge in [0.2, 0.25) is 0 Å². The second-order valence-electron chi connectivity index (χ2n) is 15.3. The van der Waals surface area contributed by atoms with Crippen LogP contribution in [0.15, 0.2) is 182 Å². The van der Waals surface area contributed by atoms with Crippen LogP contribution in [0.4, 0.5) is 0 Å². The summed E-state index contributed by atoms with van der Waals surface area (Å²) in [4.78, 5) is 0. The van der Waals surface area contributed by atoms with E-state index in [2.05, 4.69) is 200 Å². The first-order chi connectivity index (χ1) is 26.1. The highest BCUT2D eigenvalue weighted by Gasteiger charge is 2.37. The van der Waals surface area contributed by atoms with Gasteiger partial charge in [0, 0.05) is 33.4 Å². The van der Waals surface area contributed by atoms with E-state index in [-0.39, 0.29) is 11.3 Å². The van der Waals surface area contributed by atoms with Crippen molar-refractivity contribution in [1.29, 1.82) is 0 Å². The van der Waals surface area contributed by atoms with Crippen LogP contribution in [0, 0.1) is 0 Å². The Kier molecular flexibility index (Phi) is 6.43. The number of rotatable bonds is 4. The lowest BCUT2D eigenvalue weighted by Gasteiger charge is -2.22. The minimum atomic E-state index is -0.0762. The Bertz CT molecular complexity index is 2900. The summed E-state index contributed by atoms with van der Waals surface area (Å²) in [6, 6.07) is 67.7. The Morgan fingerprint density at radius 1 is 0.434 bits per heavy atom. The fourth-order valence-electron chi connectivity index (χ4n) is 9.58. The summed E-state index contributed by atoms with van der Waals surface area (Å²) in [6.45, 7) is 4.75. The van der Waals surface area contributed by atoms with Gasteiger partial charge in [0.15, 0.2) is 0 Å². The number of hydrogen-bond acceptors (Lipinski definition) is 0. The van der Waals surface area contributed by atoms with E-state index in [1.807, 2.05) is 0 Å². The molecule has 0 saturated heterocycles. The average molecular weight is 676 g/mol. The van der Waals surface area contributed by atoms with Crippen LogP contribution in [-0.2, 0) is 5.41 Å². The van der Waals surface area contributed by atoms with E-state index >= 15 is 0 Å². The smallest absolute Gasteiger partial charge is 0.0622 e. The molecule has 1 atom stereocenters. The third-order valence-electron chi connectivity index (χ3n) is 12.1. The molecule has 8 aromatic carbocycles. The quantitative estimate of drug-likeness (QED) is 0.175. The maximum atomic E-state index is 2.55. The van der Waals surface area contributed by atoms with E-state index in [4.69, 9.17) is 0 Å². The number of benzene rings is 8. The van der Waals surface area contributed by atoms with E-state index in [1.165, 1.54) is 99.8 Å². The Labute approximate surface area is 310 Å². The average Bonchev–Trinajstić information content (AvgIpc) is 3.81. The normalized spacial score (nSPS) is 14.9. The summed E-state index contributed by atoms with van der Waals surface area (Å²) in [5.41, 5.74) is 20.8. The van der Waals surface area contributed by atoms with Gasteiger partial charge in [-0.25, -0.2) is 0 Å². The number of aromatic nitrogens is 1. The summed E-state index contributed by atoms with van der Waals surface area (Å²) in [5, 5.41) is 2.58. The van der Waals surface area contributed by atoms with Crippen molar-refractivity contribution in [3.8, 4) is 50.2 Å². The molecule has 0 N–H and O–H groups in total. The van der Waals surface area contributed by atoms with Crippen LogP contribution in [-0.4, -0.2) is 4.57 Å². The molecule has 11 rings (SSSR count). The SMILES string of the molecule is CC1(C)c2ccccc2-c2ccc(-n3c4ccccc4c4ccc5c(c43)-c3ccccc3C5c3cccc(-c4ccc(-c5ccccc5)cc4)c3)cc21. The van der Waals surface area contributed by atoms with Crippen LogP contribution < -0.4 is 0 Å². The summed E-state index contributed by atoms with van der Waals surface area (Å²) < 4.78 is 2.55. The lowest BCUT2D eigenvalue weighted by atomic mass is 9.82. The molecule has 1 nitrogen and oxygen atoms in total. The second kappa shape index (κ2) is 11.3. The van der Waals surface area contributed by atoms with Crippen molar-refractivity contribution in [3.05, 3.63) is 210 Å². The zero-order valence-electron chi connectivity index (χ0n) is 29.8. The Hall–Kier alpha value is -6.44. The predicted molar refractivity (Wildman–Crippen MR) is 222 cm³/mol. The lowest BCUT2D eigenvalue weighted by Crippen LogP contribution is -2.15. The molecule has 1 aromatic heterocycles. The standard InChI is InChI=1S/C52H37N/c1-52(2)46-21-10-8-17-39(46)40-28-27-38(32-47(40)52)53-48-22-11-9-18-41(48)44-29-30-45-49(42-19-6-7-20-43(42)50(45)51(44)53)37-16-12-15-36(31-37)35-25-23-34(24-26-35)33-13-4-3-5-14-33/h3-32,49H,1-2H3. The van der Waals surface area contributed by atoms with Gasteiger partial charge in [0.1, 0.15) is 0 Å². The molecule has 2 aliphatic carbocycles. The van der Waals surface area contributed by atoms with Crippen LogP contribution >= 0.6 is 0 Å². The maximum absolute atomic E-state index is 2.55. The minimum absolute atomic E-state index is 0.0762. The molecule has 250 valence electrons. The lowest BCUT2D eigenvalue weighted by molar-refractivity contribution is 0.660. The molecule has 53 heavy (non-hydrogen) atoms. The van der Waals surface area contributed by atoms with Crippen LogP contribution in [0.5, 0.6) is 0 Å². The molecule has 0 fully saturated rings. The van der Waals surface area contributed by atoms with Crippen molar-refractivity contribution in [3.63, 3.8) is 0 Å². The molecule has 1 heteroatoms. The molecule has 2 aliphatic rings. The van der Waals surface area contributed by atoms with Gasteiger partial charge in [-0.15, -0.1) is 0 Å². The summed E-state index contributed by atoms with van der Waals surface area (Å²) in [7, 11) is 0. The van der Waals surface area contributed by atoms with Gasteiger partial charge in [-0.3, -0.25) is 0 Å². The Balaban J connectivity index is 1.10. The number of fused-ring (bicyclic) bond motifs is 10. The van der Waals surface area contributed by atoms with Gasteiger partial charge in [-0.1, -0.05) is 178 Å². The molecule has 9 aromatic rings. The molecule has 0 radical (unpaired) electrons. The van der Waals surface area contributed by atoms with Crippen molar-refractivity contribution in [2.75, 3.05) is 0 Å². The topological polar surface area (TPSA) is 4.93 Å². The molecule has 0 bridgehead atoms. The molecule has 1 heterocycles. The second-order valence-corrected chi connectivity index (χ2v) is 15.3. The fraction of sp³-hybridized carbons (Fsp3) is 0.0769. The van der Waals surface area contributed by atoms with Crippen molar-refractivity contribution in [2.45, 2.75) is 25.2 Å². The zero-order chi connectivity index (χ0) is 35.3. The summed E-state index contributed by atoms with van der Waals surface area (Å²) >= 11 is 0. The molecular formula is C52H37N. The first kappa shape index (κ1) is 30.2. The van der Waals surface area contributed by atoms with Gasteiger partial charge < -0.3 is 4.57 Å². The van der Waals surface area contributed by atoms with Gasteiger partial charge >= 0.3 is 0 Å². The van der Waals surface area contributed by atoms with E-state index in [0.29, 0.717) is 0 Å². The van der Waals surface area contributed by atoms with Crippen LogP contribution in [0.2, 0.25) is 0 Å². The third kappa shape index (κ3) is 4.38. The first-order valence-corrected chi connectivity index (χ1v) is 18.7. The van der Waals surface area contributed by atoms with E-state index in [0.717, 1.165) is 0 Å². The van der Waals surface area contributed by atoms with Crippen LogP contribution in [0.1, 0.15) is 47.6 Å². The molecule has 0 aliphatic heterocycles.